The van der Waals surface area contributed by atoms with E-state index < -0.39 is 0 Å². The van der Waals surface area contributed by atoms with E-state index in [0.717, 1.165) is 83.5 Å². The molecule has 0 aromatic heterocycles. The van der Waals surface area contributed by atoms with Gasteiger partial charge in [0.05, 0.1) is 0 Å². The number of ether oxygens (including phenoxy) is 2. The van der Waals surface area contributed by atoms with Crippen LogP contribution in [0.5, 0.6) is 0 Å². The van der Waals surface area contributed by atoms with Gasteiger partial charge in [0, 0.05) is 31.7 Å². The minimum Gasteiger partial charge on any atom is -0.458 e. The predicted molar refractivity (Wildman–Crippen MR) is 201 cm³/mol. The fraction of sp³-hybridized carbons (Fsp3) is 0.762. The Balaban J connectivity index is 2.16. The quantitative estimate of drug-likeness (QED) is 0.0438. The summed E-state index contributed by atoms with van der Waals surface area (Å²) in [6.07, 6.45) is 44.1. The Morgan fingerprint density at radius 2 is 0.851 bits per heavy atom. The van der Waals surface area contributed by atoms with Gasteiger partial charge in [-0.3, -0.25) is 9.59 Å². The van der Waals surface area contributed by atoms with Crippen molar-refractivity contribution in [3.63, 3.8) is 0 Å². The second-order valence-electron chi connectivity index (χ2n) is 13.8. The van der Waals surface area contributed by atoms with E-state index in [-0.39, 0.29) is 30.2 Å². The fourth-order valence-corrected chi connectivity index (χ4v) is 6.05. The molecule has 1 fully saturated rings. The maximum atomic E-state index is 12.7. The zero-order valence-corrected chi connectivity index (χ0v) is 31.1. The standard InChI is InChI=1S/C42H73NO4/c1-5-7-9-11-13-15-17-19-21-23-25-27-29-31-33-35-42(45)47-40-37-38(43(3)4)36-39(40)46-41(44)34-32-30-28-26-24-22-20-18-16-14-12-10-8-6-2/h13-16,19-22,38-40H,5-12,17-18,23-37H2,1-4H3/b15-13-,16-14-,21-19-,22-20+. The Bertz CT molecular complexity index is 874. The van der Waals surface area contributed by atoms with Crippen molar-refractivity contribution in [1.29, 1.82) is 0 Å². The third-order valence-electron chi connectivity index (χ3n) is 9.13. The van der Waals surface area contributed by atoms with Gasteiger partial charge in [-0.25, -0.2) is 0 Å². The zero-order chi connectivity index (χ0) is 34.2. The first-order valence-electron chi connectivity index (χ1n) is 19.6. The van der Waals surface area contributed by atoms with E-state index in [0.29, 0.717) is 12.8 Å². The summed E-state index contributed by atoms with van der Waals surface area (Å²) in [5.74, 6) is -0.312. The Hall–Kier alpha value is -2.14. The first-order valence-corrected chi connectivity index (χ1v) is 19.6. The second-order valence-corrected chi connectivity index (χ2v) is 13.8. The lowest BCUT2D eigenvalue weighted by molar-refractivity contribution is -0.165. The highest BCUT2D eigenvalue weighted by molar-refractivity contribution is 5.70. The highest BCUT2D eigenvalue weighted by Gasteiger charge is 2.40. The summed E-state index contributed by atoms with van der Waals surface area (Å²) in [7, 11) is 4.08. The van der Waals surface area contributed by atoms with Crippen LogP contribution in [0.25, 0.3) is 0 Å². The summed E-state index contributed by atoms with van der Waals surface area (Å²) in [4.78, 5) is 27.5. The molecule has 0 aromatic carbocycles. The van der Waals surface area contributed by atoms with E-state index in [1.807, 2.05) is 14.1 Å². The summed E-state index contributed by atoms with van der Waals surface area (Å²) in [5.41, 5.74) is 0. The SMILES string of the molecule is CCCCC/C=C\C/C=C\CCCCCCCC(=O)OC1CC(N(C)C)CC1OC(=O)CCCCCC/C=C/C/C=C\CCCCC. The van der Waals surface area contributed by atoms with E-state index in [9.17, 15) is 9.59 Å². The first kappa shape index (κ1) is 42.9. The van der Waals surface area contributed by atoms with Crippen LogP contribution in [0.3, 0.4) is 0 Å². The van der Waals surface area contributed by atoms with Crippen molar-refractivity contribution in [3.05, 3.63) is 48.6 Å². The molecular formula is C42H73NO4. The van der Waals surface area contributed by atoms with Crippen LogP contribution in [0.1, 0.15) is 174 Å². The summed E-state index contributed by atoms with van der Waals surface area (Å²) in [5, 5.41) is 0. The normalized spacial score (nSPS) is 18.5. The van der Waals surface area contributed by atoms with Crippen LogP contribution in [0.2, 0.25) is 0 Å². The van der Waals surface area contributed by atoms with E-state index in [1.165, 1.54) is 64.2 Å². The van der Waals surface area contributed by atoms with Crippen LogP contribution in [0.4, 0.5) is 0 Å². The van der Waals surface area contributed by atoms with Gasteiger partial charge in [0.2, 0.25) is 0 Å². The monoisotopic (exact) mass is 656 g/mol. The maximum absolute atomic E-state index is 12.7. The van der Waals surface area contributed by atoms with Crippen LogP contribution in [-0.2, 0) is 19.1 Å². The second kappa shape index (κ2) is 31.1. The lowest BCUT2D eigenvalue weighted by Crippen LogP contribution is -2.30. The van der Waals surface area contributed by atoms with Crippen molar-refractivity contribution in [2.45, 2.75) is 193 Å². The molecule has 0 amide bonds. The van der Waals surface area contributed by atoms with Crippen LogP contribution in [0.15, 0.2) is 48.6 Å². The molecule has 1 saturated carbocycles. The number of nitrogens with zero attached hydrogens (tertiary/aromatic N) is 1. The van der Waals surface area contributed by atoms with E-state index in [1.54, 1.807) is 0 Å². The maximum Gasteiger partial charge on any atom is 0.306 e. The largest absolute Gasteiger partial charge is 0.458 e. The van der Waals surface area contributed by atoms with Gasteiger partial charge in [0.1, 0.15) is 12.2 Å². The van der Waals surface area contributed by atoms with E-state index in [2.05, 4.69) is 67.4 Å². The first-order chi connectivity index (χ1) is 23.0. The molecule has 1 aliphatic carbocycles. The van der Waals surface area contributed by atoms with Crippen LogP contribution in [-0.4, -0.2) is 49.2 Å². The highest BCUT2D eigenvalue weighted by atomic mass is 16.6. The topological polar surface area (TPSA) is 55.8 Å². The fourth-order valence-electron chi connectivity index (χ4n) is 6.05. The molecule has 3 atom stereocenters. The van der Waals surface area contributed by atoms with Gasteiger partial charge in [-0.15, -0.1) is 0 Å². The number of hydrogen-bond donors (Lipinski definition) is 0. The third kappa shape index (κ3) is 25.5. The van der Waals surface area contributed by atoms with Crippen molar-refractivity contribution in [2.75, 3.05) is 14.1 Å². The van der Waals surface area contributed by atoms with Crippen molar-refractivity contribution in [3.8, 4) is 0 Å². The zero-order valence-electron chi connectivity index (χ0n) is 31.1. The molecule has 3 unspecified atom stereocenters. The van der Waals surface area contributed by atoms with Gasteiger partial charge in [-0.2, -0.15) is 0 Å². The molecule has 0 saturated heterocycles. The summed E-state index contributed by atoms with van der Waals surface area (Å²) in [6, 6.07) is 0.256. The minimum absolute atomic E-state index is 0.154. The minimum atomic E-state index is -0.339. The molecule has 47 heavy (non-hydrogen) atoms. The highest BCUT2D eigenvalue weighted by Crippen LogP contribution is 2.29. The van der Waals surface area contributed by atoms with Gasteiger partial charge in [0.25, 0.3) is 0 Å². The Kier molecular flexibility index (Phi) is 28.4. The molecule has 0 spiro atoms. The van der Waals surface area contributed by atoms with E-state index >= 15 is 0 Å². The number of unbranched alkanes of at least 4 members (excludes halogenated alkanes) is 15. The van der Waals surface area contributed by atoms with Gasteiger partial charge in [0.15, 0.2) is 0 Å². The summed E-state index contributed by atoms with van der Waals surface area (Å²) >= 11 is 0. The smallest absolute Gasteiger partial charge is 0.306 e. The lowest BCUT2D eigenvalue weighted by atomic mass is 10.1. The van der Waals surface area contributed by atoms with Crippen LogP contribution in [0, 0.1) is 0 Å². The molecule has 0 aliphatic heterocycles. The van der Waals surface area contributed by atoms with Crippen LogP contribution >= 0.6 is 0 Å². The van der Waals surface area contributed by atoms with Gasteiger partial charge in [-0.1, -0.05) is 120 Å². The van der Waals surface area contributed by atoms with Crippen molar-refractivity contribution >= 4 is 11.9 Å². The number of hydrogen-bond acceptors (Lipinski definition) is 5. The lowest BCUT2D eigenvalue weighted by Gasteiger charge is -2.20. The molecule has 1 rings (SSSR count). The number of rotatable bonds is 30. The number of carbonyl (C=O) groups excluding carboxylic acids is 2. The number of carbonyl (C=O) groups is 2. The van der Waals surface area contributed by atoms with Gasteiger partial charge in [-0.05, 0) is 91.1 Å². The van der Waals surface area contributed by atoms with Crippen molar-refractivity contribution < 1.29 is 19.1 Å². The Morgan fingerprint density at radius 3 is 1.21 bits per heavy atom. The van der Waals surface area contributed by atoms with Crippen molar-refractivity contribution in [2.24, 2.45) is 0 Å². The molecule has 0 aromatic rings. The average Bonchev–Trinajstić information content (AvgIpc) is 3.44. The Morgan fingerprint density at radius 1 is 0.511 bits per heavy atom. The summed E-state index contributed by atoms with van der Waals surface area (Å²) < 4.78 is 11.8. The molecule has 1 aliphatic rings. The number of allylic oxidation sites excluding steroid dienone is 8. The molecule has 0 bridgehead atoms. The molecular weight excluding hydrogens is 582 g/mol. The predicted octanol–water partition coefficient (Wildman–Crippen LogP) is 11.8. The van der Waals surface area contributed by atoms with E-state index in [4.69, 9.17) is 9.47 Å². The molecule has 5 nitrogen and oxygen atoms in total. The number of esters is 2. The molecule has 0 N–H and O–H groups in total. The van der Waals surface area contributed by atoms with Gasteiger partial charge >= 0.3 is 11.9 Å². The van der Waals surface area contributed by atoms with Crippen molar-refractivity contribution in [1.82, 2.24) is 4.90 Å². The third-order valence-corrected chi connectivity index (χ3v) is 9.13. The summed E-state index contributed by atoms with van der Waals surface area (Å²) in [6.45, 7) is 4.48. The Labute approximate surface area is 290 Å². The average molecular weight is 656 g/mol. The van der Waals surface area contributed by atoms with Crippen LogP contribution < -0.4 is 0 Å². The van der Waals surface area contributed by atoms with Gasteiger partial charge < -0.3 is 14.4 Å². The molecule has 5 heteroatoms. The molecule has 270 valence electrons. The molecule has 0 heterocycles. The molecule has 0 radical (unpaired) electrons.